The standard InChI is InChI=1S/C33H52O2Si/c1-25(2)30(21-20-26(3)33(9)23-22-27(24-34)32(33,7)8)35-36(31(4,5)6,28-16-12-10-13-17-28)29-18-14-11-15-19-29/h10-19,25-27,30,34H,20-24H2,1-9H3/t26-,27-,30-,33+/m0/s1. The van der Waals surface area contributed by atoms with Crippen LogP contribution in [0.3, 0.4) is 0 Å². The van der Waals surface area contributed by atoms with E-state index in [0.717, 1.165) is 19.3 Å². The second kappa shape index (κ2) is 11.1. The number of aliphatic hydroxyl groups excluding tert-OH is 1. The molecule has 0 spiro atoms. The van der Waals surface area contributed by atoms with Gasteiger partial charge in [0.05, 0.1) is 0 Å². The zero-order valence-corrected chi connectivity index (χ0v) is 25.5. The first kappa shape index (κ1) is 29.1. The second-order valence-corrected chi connectivity index (χ2v) is 17.9. The Balaban J connectivity index is 1.95. The van der Waals surface area contributed by atoms with Crippen LogP contribution in [0.15, 0.2) is 60.7 Å². The molecular weight excluding hydrogens is 456 g/mol. The Hall–Kier alpha value is -1.42. The fourth-order valence-corrected chi connectivity index (χ4v) is 11.9. The fraction of sp³-hybridized carbons (Fsp3) is 0.636. The summed E-state index contributed by atoms with van der Waals surface area (Å²) in [6, 6.07) is 22.1. The second-order valence-electron chi connectivity index (χ2n) is 13.6. The lowest BCUT2D eigenvalue weighted by Gasteiger charge is -2.48. The Morgan fingerprint density at radius 3 is 1.78 bits per heavy atom. The van der Waals surface area contributed by atoms with E-state index >= 15 is 0 Å². The molecule has 3 rings (SSSR count). The molecule has 2 aromatic rings. The van der Waals surface area contributed by atoms with Crippen molar-refractivity contribution in [3.8, 4) is 0 Å². The molecule has 1 fully saturated rings. The van der Waals surface area contributed by atoms with Crippen molar-refractivity contribution >= 4 is 18.7 Å². The molecule has 0 aromatic heterocycles. The van der Waals surface area contributed by atoms with Crippen molar-refractivity contribution in [1.82, 2.24) is 0 Å². The van der Waals surface area contributed by atoms with Crippen LogP contribution >= 0.6 is 0 Å². The van der Waals surface area contributed by atoms with Gasteiger partial charge in [0.2, 0.25) is 0 Å². The highest BCUT2D eigenvalue weighted by atomic mass is 28.4. The molecule has 2 nitrogen and oxygen atoms in total. The number of hydrogen-bond donors (Lipinski definition) is 1. The maximum atomic E-state index is 10.0. The minimum atomic E-state index is -2.58. The smallest absolute Gasteiger partial charge is 0.261 e. The van der Waals surface area contributed by atoms with Gasteiger partial charge in [-0.3, -0.25) is 0 Å². The monoisotopic (exact) mass is 508 g/mol. The van der Waals surface area contributed by atoms with E-state index in [-0.39, 0.29) is 22.0 Å². The highest BCUT2D eigenvalue weighted by Crippen LogP contribution is 2.60. The van der Waals surface area contributed by atoms with Crippen LogP contribution < -0.4 is 10.4 Å². The summed E-state index contributed by atoms with van der Waals surface area (Å²) in [6.07, 6.45) is 4.75. The molecule has 0 unspecified atom stereocenters. The zero-order chi connectivity index (χ0) is 26.8. The highest BCUT2D eigenvalue weighted by Gasteiger charge is 2.54. The predicted octanol–water partition coefficient (Wildman–Crippen LogP) is 7.44. The third kappa shape index (κ3) is 5.26. The Kier molecular flexibility index (Phi) is 9.01. The Bertz CT molecular complexity index is 907. The first-order valence-electron chi connectivity index (χ1n) is 14.2. The number of rotatable bonds is 10. The summed E-state index contributed by atoms with van der Waals surface area (Å²) in [6.45, 7) is 21.8. The third-order valence-corrected chi connectivity index (χ3v) is 15.2. The van der Waals surface area contributed by atoms with Crippen molar-refractivity contribution in [3.05, 3.63) is 60.7 Å². The minimum absolute atomic E-state index is 0.0117. The molecule has 0 radical (unpaired) electrons. The van der Waals surface area contributed by atoms with E-state index in [4.69, 9.17) is 4.43 Å². The van der Waals surface area contributed by atoms with E-state index < -0.39 is 8.32 Å². The summed E-state index contributed by atoms with van der Waals surface area (Å²) in [5.41, 5.74) is 0.382. The molecule has 1 saturated carbocycles. The Morgan fingerprint density at radius 2 is 1.39 bits per heavy atom. The van der Waals surface area contributed by atoms with Gasteiger partial charge in [0.25, 0.3) is 8.32 Å². The van der Waals surface area contributed by atoms with Gasteiger partial charge >= 0.3 is 0 Å². The van der Waals surface area contributed by atoms with Crippen LogP contribution in [0.1, 0.15) is 88.0 Å². The predicted molar refractivity (Wildman–Crippen MR) is 157 cm³/mol. The van der Waals surface area contributed by atoms with Gasteiger partial charge in [-0.1, -0.05) is 123 Å². The van der Waals surface area contributed by atoms with E-state index in [1.807, 2.05) is 0 Å². The lowest BCUT2D eigenvalue weighted by molar-refractivity contribution is 0.00513. The van der Waals surface area contributed by atoms with E-state index in [9.17, 15) is 5.11 Å². The van der Waals surface area contributed by atoms with Crippen molar-refractivity contribution in [2.45, 2.75) is 99.1 Å². The quantitative estimate of drug-likeness (QED) is 0.338. The molecule has 200 valence electrons. The van der Waals surface area contributed by atoms with Gasteiger partial charge in [-0.15, -0.1) is 0 Å². The summed E-state index contributed by atoms with van der Waals surface area (Å²) in [5.74, 6) is 1.42. The number of hydrogen-bond acceptors (Lipinski definition) is 2. The number of aliphatic hydroxyl groups is 1. The normalized spacial score (nSPS) is 24.1. The van der Waals surface area contributed by atoms with Crippen LogP contribution in [0.4, 0.5) is 0 Å². The van der Waals surface area contributed by atoms with Crippen molar-refractivity contribution in [3.63, 3.8) is 0 Å². The van der Waals surface area contributed by atoms with Gasteiger partial charge < -0.3 is 9.53 Å². The summed E-state index contributed by atoms with van der Waals surface area (Å²) < 4.78 is 7.58. The average molecular weight is 509 g/mol. The molecule has 0 saturated heterocycles. The first-order chi connectivity index (χ1) is 16.8. The SMILES string of the molecule is CC(C)[C@H](CC[C@H](C)[C@@]1(C)CC[C@@H](CO)C1(C)C)O[Si](c1ccccc1)(c1ccccc1)C(C)(C)C. The molecule has 1 aliphatic rings. The molecule has 3 heteroatoms. The maximum Gasteiger partial charge on any atom is 0.261 e. The van der Waals surface area contributed by atoms with Crippen molar-refractivity contribution in [2.75, 3.05) is 6.61 Å². The topological polar surface area (TPSA) is 29.5 Å². The molecule has 1 aliphatic carbocycles. The lowest BCUT2D eigenvalue weighted by atomic mass is 9.59. The minimum Gasteiger partial charge on any atom is -0.404 e. The Morgan fingerprint density at radius 1 is 0.889 bits per heavy atom. The van der Waals surface area contributed by atoms with Crippen LogP contribution in [0.5, 0.6) is 0 Å². The van der Waals surface area contributed by atoms with Gasteiger partial charge in [-0.2, -0.15) is 0 Å². The number of benzene rings is 2. The van der Waals surface area contributed by atoms with E-state index in [1.165, 1.54) is 16.8 Å². The van der Waals surface area contributed by atoms with Crippen molar-refractivity contribution in [2.24, 2.45) is 28.6 Å². The van der Waals surface area contributed by atoms with Gasteiger partial charge in [-0.25, -0.2) is 0 Å². The first-order valence-corrected chi connectivity index (χ1v) is 16.1. The maximum absolute atomic E-state index is 10.0. The molecule has 0 heterocycles. The highest BCUT2D eigenvalue weighted by molar-refractivity contribution is 6.99. The molecule has 1 N–H and O–H groups in total. The van der Waals surface area contributed by atoms with Crippen LogP contribution in [-0.2, 0) is 4.43 Å². The lowest BCUT2D eigenvalue weighted by Crippen LogP contribution is -2.68. The van der Waals surface area contributed by atoms with Crippen LogP contribution in [-0.4, -0.2) is 26.1 Å². The van der Waals surface area contributed by atoms with Gasteiger partial charge in [-0.05, 0) is 69.7 Å². The molecule has 0 bridgehead atoms. The van der Waals surface area contributed by atoms with E-state index in [2.05, 4.69) is 123 Å². The van der Waals surface area contributed by atoms with Crippen LogP contribution in [0, 0.1) is 28.6 Å². The van der Waals surface area contributed by atoms with Crippen LogP contribution in [0.2, 0.25) is 5.04 Å². The van der Waals surface area contributed by atoms with Crippen molar-refractivity contribution < 1.29 is 9.53 Å². The van der Waals surface area contributed by atoms with E-state index in [1.54, 1.807) is 0 Å². The van der Waals surface area contributed by atoms with Gasteiger partial charge in [0, 0.05) is 12.7 Å². The average Bonchev–Trinajstić information content (AvgIpc) is 3.08. The van der Waals surface area contributed by atoms with Gasteiger partial charge in [0.1, 0.15) is 0 Å². The third-order valence-electron chi connectivity index (χ3n) is 10.2. The molecule has 2 aromatic carbocycles. The van der Waals surface area contributed by atoms with Crippen molar-refractivity contribution in [1.29, 1.82) is 0 Å². The van der Waals surface area contributed by atoms with E-state index in [0.29, 0.717) is 24.4 Å². The summed E-state index contributed by atoms with van der Waals surface area (Å²) in [4.78, 5) is 0. The molecule has 4 atom stereocenters. The zero-order valence-electron chi connectivity index (χ0n) is 24.5. The summed E-state index contributed by atoms with van der Waals surface area (Å²) in [7, 11) is -2.58. The molecule has 0 aliphatic heterocycles. The largest absolute Gasteiger partial charge is 0.404 e. The van der Waals surface area contributed by atoms with Crippen LogP contribution in [0.25, 0.3) is 0 Å². The molecular formula is C33H52O2Si. The summed E-state index contributed by atoms with van der Waals surface area (Å²) >= 11 is 0. The van der Waals surface area contributed by atoms with Gasteiger partial charge in [0.15, 0.2) is 0 Å². The summed E-state index contributed by atoms with van der Waals surface area (Å²) in [5, 5.41) is 12.7. The molecule has 36 heavy (non-hydrogen) atoms. The Labute approximate surface area is 223 Å². The molecule has 0 amide bonds. The fourth-order valence-electron chi connectivity index (χ4n) is 7.00.